The molecule has 1 atom stereocenters. The van der Waals surface area contributed by atoms with Gasteiger partial charge in [0.05, 0.1) is 18.5 Å². The summed E-state index contributed by atoms with van der Waals surface area (Å²) in [5, 5.41) is 12.0. The number of halogens is 2. The van der Waals surface area contributed by atoms with Crippen molar-refractivity contribution >= 4 is 17.7 Å². The number of aliphatic hydroxyl groups is 1. The van der Waals surface area contributed by atoms with Crippen LogP contribution in [0, 0.1) is 11.6 Å². The molecule has 7 heteroatoms. The van der Waals surface area contributed by atoms with E-state index in [0.29, 0.717) is 13.0 Å². The standard InChI is InChI=1S/C13H17F2NO3S/c1-19-7-10(17)4-5-16-13(18)8-20-12-3-2-9(14)6-11(12)15/h2-3,6,10,17H,4-5,7-8H2,1H3,(H,16,18). The van der Waals surface area contributed by atoms with Crippen LogP contribution in [0.4, 0.5) is 8.78 Å². The summed E-state index contributed by atoms with van der Waals surface area (Å²) < 4.78 is 30.7. The van der Waals surface area contributed by atoms with E-state index in [0.717, 1.165) is 23.9 Å². The first-order chi connectivity index (χ1) is 9.52. The van der Waals surface area contributed by atoms with Gasteiger partial charge in [0.25, 0.3) is 0 Å². The molecular weight excluding hydrogens is 288 g/mol. The minimum atomic E-state index is -0.682. The normalized spacial score (nSPS) is 12.2. The Hall–Kier alpha value is -1.18. The first-order valence-electron chi connectivity index (χ1n) is 6.04. The first-order valence-corrected chi connectivity index (χ1v) is 7.03. The molecule has 1 unspecified atom stereocenters. The van der Waals surface area contributed by atoms with Gasteiger partial charge in [0, 0.05) is 24.6 Å². The summed E-state index contributed by atoms with van der Waals surface area (Å²) in [6, 6.07) is 3.22. The largest absolute Gasteiger partial charge is 0.391 e. The number of carbonyl (C=O) groups excluding carboxylic acids is 1. The molecule has 0 heterocycles. The Bertz CT molecular complexity index is 446. The van der Waals surface area contributed by atoms with Gasteiger partial charge in [-0.3, -0.25) is 4.79 Å². The maximum Gasteiger partial charge on any atom is 0.230 e. The van der Waals surface area contributed by atoms with E-state index in [2.05, 4.69) is 5.32 Å². The molecule has 0 aliphatic rings. The van der Waals surface area contributed by atoms with Gasteiger partial charge in [-0.1, -0.05) is 0 Å². The quantitative estimate of drug-likeness (QED) is 0.716. The van der Waals surface area contributed by atoms with Crippen LogP contribution in [0.5, 0.6) is 0 Å². The van der Waals surface area contributed by atoms with E-state index in [-0.39, 0.29) is 23.2 Å². The third-order valence-corrected chi connectivity index (χ3v) is 3.46. The van der Waals surface area contributed by atoms with Crippen LogP contribution in [-0.2, 0) is 9.53 Å². The van der Waals surface area contributed by atoms with Crippen LogP contribution < -0.4 is 5.32 Å². The number of hydrogen-bond acceptors (Lipinski definition) is 4. The number of carbonyl (C=O) groups is 1. The van der Waals surface area contributed by atoms with Crippen molar-refractivity contribution in [3.05, 3.63) is 29.8 Å². The molecule has 0 fully saturated rings. The van der Waals surface area contributed by atoms with Gasteiger partial charge < -0.3 is 15.2 Å². The summed E-state index contributed by atoms with van der Waals surface area (Å²) >= 11 is 0.992. The van der Waals surface area contributed by atoms with Crippen LogP contribution >= 0.6 is 11.8 Å². The zero-order valence-corrected chi connectivity index (χ0v) is 11.9. The van der Waals surface area contributed by atoms with Gasteiger partial charge in [0.2, 0.25) is 5.91 Å². The smallest absolute Gasteiger partial charge is 0.230 e. The van der Waals surface area contributed by atoms with E-state index in [1.165, 1.54) is 13.2 Å². The number of thioether (sulfide) groups is 1. The van der Waals surface area contributed by atoms with Crippen molar-refractivity contribution in [2.45, 2.75) is 17.4 Å². The van der Waals surface area contributed by atoms with Gasteiger partial charge in [-0.25, -0.2) is 8.78 Å². The minimum absolute atomic E-state index is 0.0307. The highest BCUT2D eigenvalue weighted by atomic mass is 32.2. The molecule has 0 bridgehead atoms. The van der Waals surface area contributed by atoms with Crippen molar-refractivity contribution < 1.29 is 23.4 Å². The van der Waals surface area contributed by atoms with E-state index >= 15 is 0 Å². The predicted molar refractivity (Wildman–Crippen MR) is 72.6 cm³/mol. The van der Waals surface area contributed by atoms with Crippen molar-refractivity contribution in [1.29, 1.82) is 0 Å². The zero-order valence-electron chi connectivity index (χ0n) is 11.1. The second-order valence-corrected chi connectivity index (χ2v) is 5.13. The number of nitrogens with one attached hydrogen (secondary N) is 1. The minimum Gasteiger partial charge on any atom is -0.391 e. The van der Waals surface area contributed by atoms with Crippen molar-refractivity contribution in [2.24, 2.45) is 0 Å². The maximum atomic E-state index is 13.3. The molecule has 0 radical (unpaired) electrons. The summed E-state index contributed by atoms with van der Waals surface area (Å²) in [7, 11) is 1.48. The SMILES string of the molecule is COCC(O)CCNC(=O)CSc1ccc(F)cc1F. The van der Waals surface area contributed by atoms with Crippen LogP contribution in [0.25, 0.3) is 0 Å². The van der Waals surface area contributed by atoms with Gasteiger partial charge in [0.1, 0.15) is 11.6 Å². The number of aliphatic hydroxyl groups excluding tert-OH is 1. The molecule has 0 aromatic heterocycles. The van der Waals surface area contributed by atoms with Gasteiger partial charge >= 0.3 is 0 Å². The highest BCUT2D eigenvalue weighted by molar-refractivity contribution is 8.00. The fourth-order valence-electron chi connectivity index (χ4n) is 1.44. The fourth-order valence-corrected chi connectivity index (χ4v) is 2.19. The van der Waals surface area contributed by atoms with Crippen LogP contribution in [-0.4, -0.2) is 43.1 Å². The van der Waals surface area contributed by atoms with Crippen LogP contribution in [0.2, 0.25) is 0 Å². The van der Waals surface area contributed by atoms with E-state index in [1.54, 1.807) is 0 Å². The lowest BCUT2D eigenvalue weighted by Gasteiger charge is -2.10. The number of ether oxygens (including phenoxy) is 1. The molecule has 0 saturated heterocycles. The van der Waals surface area contributed by atoms with Gasteiger partial charge in [-0.05, 0) is 18.6 Å². The molecular formula is C13H17F2NO3S. The van der Waals surface area contributed by atoms with E-state index in [9.17, 15) is 18.7 Å². The molecule has 1 aromatic rings. The van der Waals surface area contributed by atoms with Crippen molar-refractivity contribution in [2.75, 3.05) is 26.0 Å². The highest BCUT2D eigenvalue weighted by Crippen LogP contribution is 2.21. The number of methoxy groups -OCH3 is 1. The van der Waals surface area contributed by atoms with Crippen molar-refractivity contribution in [1.82, 2.24) is 5.32 Å². The third kappa shape index (κ3) is 6.31. The van der Waals surface area contributed by atoms with Gasteiger partial charge in [-0.2, -0.15) is 0 Å². The second-order valence-electron chi connectivity index (χ2n) is 4.11. The second kappa shape index (κ2) is 8.89. The number of hydrogen-bond donors (Lipinski definition) is 2. The first kappa shape index (κ1) is 16.9. The number of amides is 1. The molecule has 0 aliphatic heterocycles. The number of rotatable bonds is 8. The molecule has 4 nitrogen and oxygen atoms in total. The molecule has 112 valence electrons. The summed E-state index contributed by atoms with van der Waals surface area (Å²) in [5.74, 6) is -1.58. The Morgan fingerprint density at radius 1 is 1.50 bits per heavy atom. The molecule has 2 N–H and O–H groups in total. The molecule has 0 saturated carbocycles. The van der Waals surface area contributed by atoms with Crippen molar-refractivity contribution in [3.63, 3.8) is 0 Å². The Balaban J connectivity index is 2.26. The lowest BCUT2D eigenvalue weighted by molar-refractivity contribution is -0.118. The monoisotopic (exact) mass is 305 g/mol. The topological polar surface area (TPSA) is 58.6 Å². The summed E-state index contributed by atoms with van der Waals surface area (Å²) in [6.07, 6.45) is -0.239. The lowest BCUT2D eigenvalue weighted by atomic mass is 10.3. The van der Waals surface area contributed by atoms with Gasteiger partial charge in [-0.15, -0.1) is 11.8 Å². The summed E-state index contributed by atoms with van der Waals surface area (Å²) in [6.45, 7) is 0.529. The lowest BCUT2D eigenvalue weighted by Crippen LogP contribution is -2.29. The highest BCUT2D eigenvalue weighted by Gasteiger charge is 2.08. The van der Waals surface area contributed by atoms with Crippen LogP contribution in [0.1, 0.15) is 6.42 Å². The third-order valence-electron chi connectivity index (χ3n) is 2.41. The molecule has 1 rings (SSSR count). The predicted octanol–water partition coefficient (Wildman–Crippen LogP) is 1.57. The van der Waals surface area contributed by atoms with E-state index < -0.39 is 17.7 Å². The Morgan fingerprint density at radius 3 is 2.90 bits per heavy atom. The molecule has 0 spiro atoms. The maximum absolute atomic E-state index is 13.3. The van der Waals surface area contributed by atoms with Crippen LogP contribution in [0.15, 0.2) is 23.1 Å². The molecule has 20 heavy (non-hydrogen) atoms. The van der Waals surface area contributed by atoms with E-state index in [1.807, 2.05) is 0 Å². The average Bonchev–Trinajstić information content (AvgIpc) is 2.38. The molecule has 1 aromatic carbocycles. The van der Waals surface area contributed by atoms with Crippen molar-refractivity contribution in [3.8, 4) is 0 Å². The zero-order chi connectivity index (χ0) is 15.0. The Kier molecular flexibility index (Phi) is 7.50. The molecule has 1 amide bonds. The molecule has 0 aliphatic carbocycles. The Labute approximate surface area is 120 Å². The van der Waals surface area contributed by atoms with Crippen LogP contribution in [0.3, 0.4) is 0 Å². The van der Waals surface area contributed by atoms with Gasteiger partial charge in [0.15, 0.2) is 0 Å². The fraction of sp³-hybridized carbons (Fsp3) is 0.462. The Morgan fingerprint density at radius 2 is 2.25 bits per heavy atom. The van der Waals surface area contributed by atoms with E-state index in [4.69, 9.17) is 4.74 Å². The average molecular weight is 305 g/mol. The summed E-state index contributed by atoms with van der Waals surface area (Å²) in [4.78, 5) is 11.7. The summed E-state index contributed by atoms with van der Waals surface area (Å²) in [5.41, 5.74) is 0. The number of benzene rings is 1.